The molecule has 4 aromatic rings. The molecule has 2 aromatic heterocycles. The van der Waals surface area contributed by atoms with Crippen LogP contribution in [0.25, 0.3) is 5.95 Å². The quantitative estimate of drug-likeness (QED) is 0.563. The second-order valence-corrected chi connectivity index (χ2v) is 6.09. The zero-order valence-corrected chi connectivity index (χ0v) is 14.8. The average molecular weight is 371 g/mol. The molecule has 0 bridgehead atoms. The number of nitrogens with zero attached hydrogens (tertiary/aromatic N) is 4. The molecule has 0 fully saturated rings. The number of rotatable bonds is 5. The van der Waals surface area contributed by atoms with Crippen LogP contribution in [0.15, 0.2) is 85.3 Å². The van der Waals surface area contributed by atoms with Gasteiger partial charge in [-0.15, -0.1) is 0 Å². The van der Waals surface area contributed by atoms with Gasteiger partial charge >= 0.3 is 0 Å². The molecule has 0 saturated heterocycles. The standard InChI is InChI=1S/C21H17N5O2/c27-19(17-14-22-21(25-20(17)28)26-13-7-12-23-26)24-18(15-8-3-1-4-9-15)16-10-5-2-6-11-16/h1-14,18H,(H,24,27)(H,22,25,28). The molecular weight excluding hydrogens is 354 g/mol. The number of hydrogen-bond donors (Lipinski definition) is 2. The van der Waals surface area contributed by atoms with Crippen molar-refractivity contribution >= 4 is 5.91 Å². The van der Waals surface area contributed by atoms with Crippen molar-refractivity contribution in [2.45, 2.75) is 6.04 Å². The van der Waals surface area contributed by atoms with Crippen molar-refractivity contribution in [1.82, 2.24) is 25.1 Å². The summed E-state index contributed by atoms with van der Waals surface area (Å²) in [5, 5.41) is 17.2. The van der Waals surface area contributed by atoms with E-state index in [1.54, 1.807) is 18.5 Å². The van der Waals surface area contributed by atoms with Crippen LogP contribution in [-0.2, 0) is 0 Å². The molecule has 0 aliphatic heterocycles. The highest BCUT2D eigenvalue weighted by Gasteiger charge is 2.21. The molecule has 7 nitrogen and oxygen atoms in total. The SMILES string of the molecule is O=C(NC(c1ccccc1)c1ccccc1)c1cnc(-n2cccn2)nc1O. The van der Waals surface area contributed by atoms with E-state index in [0.29, 0.717) is 0 Å². The van der Waals surface area contributed by atoms with Gasteiger partial charge in [-0.3, -0.25) is 4.79 Å². The van der Waals surface area contributed by atoms with Crippen LogP contribution >= 0.6 is 0 Å². The lowest BCUT2D eigenvalue weighted by Gasteiger charge is -2.20. The third-order valence-corrected chi connectivity index (χ3v) is 4.25. The molecule has 1 amide bonds. The predicted octanol–water partition coefficient (Wildman–Crippen LogP) is 2.89. The first-order valence-electron chi connectivity index (χ1n) is 8.69. The molecule has 2 heterocycles. The molecule has 0 unspecified atom stereocenters. The number of aromatic hydroxyl groups is 1. The monoisotopic (exact) mass is 371 g/mol. The second kappa shape index (κ2) is 7.71. The zero-order chi connectivity index (χ0) is 19.3. The van der Waals surface area contributed by atoms with Gasteiger partial charge < -0.3 is 10.4 Å². The van der Waals surface area contributed by atoms with Crippen LogP contribution in [0.3, 0.4) is 0 Å². The van der Waals surface area contributed by atoms with E-state index in [9.17, 15) is 9.90 Å². The van der Waals surface area contributed by atoms with E-state index in [1.807, 2.05) is 60.7 Å². The fourth-order valence-electron chi connectivity index (χ4n) is 2.88. The van der Waals surface area contributed by atoms with Crippen LogP contribution in [0.5, 0.6) is 5.88 Å². The summed E-state index contributed by atoms with van der Waals surface area (Å²) in [5.41, 5.74) is 1.85. The van der Waals surface area contributed by atoms with E-state index < -0.39 is 11.8 Å². The number of amides is 1. The summed E-state index contributed by atoms with van der Waals surface area (Å²) in [6, 6.07) is 20.6. The van der Waals surface area contributed by atoms with E-state index in [0.717, 1.165) is 11.1 Å². The number of hydrogen-bond acceptors (Lipinski definition) is 5. The summed E-state index contributed by atoms with van der Waals surface area (Å²) in [6.45, 7) is 0. The van der Waals surface area contributed by atoms with Crippen LogP contribution in [0.1, 0.15) is 27.5 Å². The van der Waals surface area contributed by atoms with E-state index in [2.05, 4.69) is 20.4 Å². The smallest absolute Gasteiger partial charge is 0.259 e. The van der Waals surface area contributed by atoms with Gasteiger partial charge in [-0.25, -0.2) is 9.67 Å². The summed E-state index contributed by atoms with van der Waals surface area (Å²) in [5.74, 6) is -0.693. The Morgan fingerprint density at radius 3 is 2.14 bits per heavy atom. The van der Waals surface area contributed by atoms with E-state index in [-0.39, 0.29) is 17.6 Å². The fourth-order valence-corrected chi connectivity index (χ4v) is 2.88. The van der Waals surface area contributed by atoms with Crippen molar-refractivity contribution in [3.8, 4) is 11.8 Å². The number of aromatic nitrogens is 4. The Bertz CT molecular complexity index is 1030. The molecule has 4 rings (SSSR count). The van der Waals surface area contributed by atoms with E-state index in [1.165, 1.54) is 10.9 Å². The Labute approximate surface area is 161 Å². The Kier molecular flexibility index (Phi) is 4.79. The molecule has 28 heavy (non-hydrogen) atoms. The summed E-state index contributed by atoms with van der Waals surface area (Å²) < 4.78 is 1.40. The zero-order valence-electron chi connectivity index (χ0n) is 14.8. The van der Waals surface area contributed by atoms with Gasteiger partial charge in [0.15, 0.2) is 0 Å². The molecular formula is C21H17N5O2. The van der Waals surface area contributed by atoms with Crippen molar-refractivity contribution < 1.29 is 9.90 Å². The van der Waals surface area contributed by atoms with Crippen LogP contribution in [0.4, 0.5) is 0 Å². The highest BCUT2D eigenvalue weighted by molar-refractivity contribution is 5.96. The van der Waals surface area contributed by atoms with Gasteiger partial charge in [-0.05, 0) is 17.2 Å². The largest absolute Gasteiger partial charge is 0.493 e. The van der Waals surface area contributed by atoms with Crippen molar-refractivity contribution in [2.75, 3.05) is 0 Å². The molecule has 0 aliphatic rings. The minimum Gasteiger partial charge on any atom is -0.493 e. The molecule has 0 saturated carbocycles. The third-order valence-electron chi connectivity index (χ3n) is 4.25. The molecule has 2 N–H and O–H groups in total. The highest BCUT2D eigenvalue weighted by Crippen LogP contribution is 2.23. The Morgan fingerprint density at radius 1 is 0.964 bits per heavy atom. The van der Waals surface area contributed by atoms with E-state index >= 15 is 0 Å². The number of carbonyl (C=O) groups is 1. The maximum atomic E-state index is 12.8. The summed E-state index contributed by atoms with van der Waals surface area (Å²) in [7, 11) is 0. The Morgan fingerprint density at radius 2 is 1.61 bits per heavy atom. The highest BCUT2D eigenvalue weighted by atomic mass is 16.3. The van der Waals surface area contributed by atoms with Gasteiger partial charge in [-0.2, -0.15) is 10.1 Å². The molecule has 0 aliphatic carbocycles. The molecule has 0 atom stereocenters. The molecule has 0 radical (unpaired) electrons. The average Bonchev–Trinajstić information content (AvgIpc) is 3.28. The van der Waals surface area contributed by atoms with Crippen molar-refractivity contribution in [2.24, 2.45) is 0 Å². The topological polar surface area (TPSA) is 92.9 Å². The van der Waals surface area contributed by atoms with Crippen LogP contribution < -0.4 is 5.32 Å². The van der Waals surface area contributed by atoms with Crippen LogP contribution in [-0.4, -0.2) is 30.8 Å². The molecule has 0 spiro atoms. The lowest BCUT2D eigenvalue weighted by molar-refractivity contribution is 0.0939. The first kappa shape index (κ1) is 17.4. The summed E-state index contributed by atoms with van der Waals surface area (Å²) in [4.78, 5) is 20.9. The van der Waals surface area contributed by atoms with Gasteiger partial charge in [0.25, 0.3) is 11.9 Å². The maximum Gasteiger partial charge on any atom is 0.259 e. The third kappa shape index (κ3) is 3.59. The van der Waals surface area contributed by atoms with Gasteiger partial charge in [0.05, 0.1) is 6.04 Å². The molecule has 2 aromatic carbocycles. The molecule has 7 heteroatoms. The maximum absolute atomic E-state index is 12.8. The van der Waals surface area contributed by atoms with Gasteiger partial charge in [0.1, 0.15) is 5.56 Å². The van der Waals surface area contributed by atoms with E-state index in [4.69, 9.17) is 0 Å². The van der Waals surface area contributed by atoms with Crippen molar-refractivity contribution in [3.63, 3.8) is 0 Å². The van der Waals surface area contributed by atoms with Crippen LogP contribution in [0.2, 0.25) is 0 Å². The lowest BCUT2D eigenvalue weighted by Crippen LogP contribution is -2.29. The first-order valence-corrected chi connectivity index (χ1v) is 8.69. The Balaban J connectivity index is 1.63. The first-order chi connectivity index (χ1) is 13.7. The lowest BCUT2D eigenvalue weighted by atomic mass is 9.98. The summed E-state index contributed by atoms with van der Waals surface area (Å²) in [6.07, 6.45) is 4.52. The Hall–Kier alpha value is -4.00. The predicted molar refractivity (Wildman–Crippen MR) is 103 cm³/mol. The van der Waals surface area contributed by atoms with Gasteiger partial charge in [0, 0.05) is 18.6 Å². The second-order valence-electron chi connectivity index (χ2n) is 6.09. The minimum atomic E-state index is -0.470. The number of nitrogens with one attached hydrogen (secondary N) is 1. The summed E-state index contributed by atoms with van der Waals surface area (Å²) >= 11 is 0. The number of carbonyl (C=O) groups excluding carboxylic acids is 1. The minimum absolute atomic E-state index is 0.00670. The van der Waals surface area contributed by atoms with Gasteiger partial charge in [0.2, 0.25) is 5.88 Å². The van der Waals surface area contributed by atoms with Crippen molar-refractivity contribution in [3.05, 3.63) is 102 Å². The molecule has 138 valence electrons. The number of benzene rings is 2. The fraction of sp³-hybridized carbons (Fsp3) is 0.0476. The van der Waals surface area contributed by atoms with Crippen LogP contribution in [0, 0.1) is 0 Å². The van der Waals surface area contributed by atoms with Gasteiger partial charge in [-0.1, -0.05) is 60.7 Å². The van der Waals surface area contributed by atoms with Crippen molar-refractivity contribution in [1.29, 1.82) is 0 Å². The normalized spacial score (nSPS) is 10.8.